The molecule has 1 aliphatic rings. The van der Waals surface area contributed by atoms with Crippen LogP contribution in [0.25, 0.3) is 0 Å². The maximum absolute atomic E-state index is 5.73. The van der Waals surface area contributed by atoms with Gasteiger partial charge in [0.25, 0.3) is 0 Å². The van der Waals surface area contributed by atoms with Crippen molar-refractivity contribution in [2.24, 2.45) is 5.73 Å². The summed E-state index contributed by atoms with van der Waals surface area (Å²) in [5, 5.41) is 3.48. The molecule has 0 radical (unpaired) electrons. The van der Waals surface area contributed by atoms with Crippen molar-refractivity contribution in [3.8, 4) is 0 Å². The van der Waals surface area contributed by atoms with Crippen LogP contribution in [0.2, 0.25) is 0 Å². The fourth-order valence-corrected chi connectivity index (χ4v) is 1.99. The molecule has 0 fully saturated rings. The average Bonchev–Trinajstić information content (AvgIpc) is 2.71. The van der Waals surface area contributed by atoms with Gasteiger partial charge in [0.2, 0.25) is 0 Å². The highest BCUT2D eigenvalue weighted by Gasteiger charge is 2.21. The zero-order valence-corrected chi connectivity index (χ0v) is 10.0. The number of nitrogens with two attached hydrogens (primary N) is 1. The van der Waals surface area contributed by atoms with Crippen LogP contribution >= 0.6 is 0 Å². The fourth-order valence-electron chi connectivity index (χ4n) is 1.99. The van der Waals surface area contributed by atoms with Crippen LogP contribution in [0.5, 0.6) is 0 Å². The first-order valence-electron chi connectivity index (χ1n) is 5.82. The molecule has 0 aliphatic heterocycles. The molecular weight excluding hydrogens is 188 g/mol. The van der Waals surface area contributed by atoms with Gasteiger partial charge in [-0.2, -0.15) is 0 Å². The van der Waals surface area contributed by atoms with E-state index in [1.54, 1.807) is 12.7 Å². The molecule has 0 aromatic rings. The van der Waals surface area contributed by atoms with Gasteiger partial charge in [0.15, 0.2) is 0 Å². The number of rotatable bonds is 7. The molecule has 0 aromatic carbocycles. The Labute approximate surface area is 93.1 Å². The second-order valence-corrected chi connectivity index (χ2v) is 4.63. The van der Waals surface area contributed by atoms with Gasteiger partial charge in [-0.1, -0.05) is 11.6 Å². The predicted molar refractivity (Wildman–Crippen MR) is 63.9 cm³/mol. The number of allylic oxidation sites excluding steroid dienone is 1. The van der Waals surface area contributed by atoms with Crippen molar-refractivity contribution in [2.45, 2.75) is 38.1 Å². The van der Waals surface area contributed by atoms with Crippen molar-refractivity contribution < 1.29 is 4.74 Å². The van der Waals surface area contributed by atoms with E-state index >= 15 is 0 Å². The Morgan fingerprint density at radius 3 is 2.93 bits per heavy atom. The first kappa shape index (κ1) is 12.7. The summed E-state index contributed by atoms with van der Waals surface area (Å²) in [5.41, 5.74) is 7.25. The average molecular weight is 212 g/mol. The molecule has 3 N–H and O–H groups in total. The summed E-state index contributed by atoms with van der Waals surface area (Å²) in [4.78, 5) is 0. The highest BCUT2D eigenvalue weighted by atomic mass is 16.5. The summed E-state index contributed by atoms with van der Waals surface area (Å²) in [6.45, 7) is 4.39. The summed E-state index contributed by atoms with van der Waals surface area (Å²) in [7, 11) is 1.72. The number of ether oxygens (including phenoxy) is 1. The van der Waals surface area contributed by atoms with E-state index in [-0.39, 0.29) is 5.54 Å². The van der Waals surface area contributed by atoms with Crippen molar-refractivity contribution >= 4 is 0 Å². The Kier molecular flexibility index (Phi) is 5.29. The van der Waals surface area contributed by atoms with Crippen LogP contribution in [0, 0.1) is 0 Å². The van der Waals surface area contributed by atoms with E-state index in [0.717, 1.165) is 13.0 Å². The van der Waals surface area contributed by atoms with E-state index in [0.29, 0.717) is 13.2 Å². The van der Waals surface area contributed by atoms with E-state index in [9.17, 15) is 0 Å². The molecule has 88 valence electrons. The molecule has 0 saturated carbocycles. The lowest BCUT2D eigenvalue weighted by atomic mass is 10.0. The molecule has 0 spiro atoms. The van der Waals surface area contributed by atoms with Crippen LogP contribution in [-0.2, 0) is 4.74 Å². The van der Waals surface area contributed by atoms with Gasteiger partial charge in [0.1, 0.15) is 0 Å². The third kappa shape index (κ3) is 4.33. The van der Waals surface area contributed by atoms with E-state index in [1.165, 1.54) is 19.3 Å². The largest absolute Gasteiger partial charge is 0.383 e. The fraction of sp³-hybridized carbons (Fsp3) is 0.833. The molecule has 3 heteroatoms. The normalized spacial score (nSPS) is 20.1. The second kappa shape index (κ2) is 6.26. The smallest absolute Gasteiger partial charge is 0.0654 e. The molecule has 1 unspecified atom stereocenters. The number of hydrogen-bond acceptors (Lipinski definition) is 3. The minimum atomic E-state index is -0.0755. The molecule has 0 bridgehead atoms. The van der Waals surface area contributed by atoms with Crippen LogP contribution in [0.3, 0.4) is 0 Å². The van der Waals surface area contributed by atoms with E-state index in [2.05, 4.69) is 18.3 Å². The minimum Gasteiger partial charge on any atom is -0.383 e. The Morgan fingerprint density at radius 1 is 1.60 bits per heavy atom. The minimum absolute atomic E-state index is 0.0755. The van der Waals surface area contributed by atoms with Crippen molar-refractivity contribution in [3.63, 3.8) is 0 Å². The van der Waals surface area contributed by atoms with Gasteiger partial charge in [0.05, 0.1) is 12.1 Å². The summed E-state index contributed by atoms with van der Waals surface area (Å²) in [5.74, 6) is 0. The number of methoxy groups -OCH3 is 1. The zero-order valence-electron chi connectivity index (χ0n) is 10.0. The molecule has 0 heterocycles. The molecule has 0 amide bonds. The second-order valence-electron chi connectivity index (χ2n) is 4.63. The zero-order chi connectivity index (χ0) is 11.1. The molecule has 0 aromatic heterocycles. The van der Waals surface area contributed by atoms with Crippen molar-refractivity contribution in [2.75, 3.05) is 26.8 Å². The first-order chi connectivity index (χ1) is 7.20. The van der Waals surface area contributed by atoms with Crippen molar-refractivity contribution in [1.29, 1.82) is 0 Å². The monoisotopic (exact) mass is 212 g/mol. The van der Waals surface area contributed by atoms with Gasteiger partial charge in [-0.25, -0.2) is 0 Å². The van der Waals surface area contributed by atoms with E-state index < -0.39 is 0 Å². The SMILES string of the molecule is COCC(C)(CN)NCCC1=CCCC1. The quantitative estimate of drug-likeness (QED) is 0.628. The van der Waals surface area contributed by atoms with E-state index in [1.807, 2.05) is 0 Å². The molecule has 1 atom stereocenters. The number of hydrogen-bond donors (Lipinski definition) is 2. The van der Waals surface area contributed by atoms with Gasteiger partial charge in [-0.15, -0.1) is 0 Å². The Hall–Kier alpha value is -0.380. The predicted octanol–water partition coefficient (Wildman–Crippen LogP) is 1.44. The lowest BCUT2D eigenvalue weighted by Gasteiger charge is -2.28. The van der Waals surface area contributed by atoms with Gasteiger partial charge >= 0.3 is 0 Å². The number of nitrogens with one attached hydrogen (secondary N) is 1. The first-order valence-corrected chi connectivity index (χ1v) is 5.82. The summed E-state index contributed by atoms with van der Waals surface area (Å²) in [6.07, 6.45) is 7.41. The van der Waals surface area contributed by atoms with Gasteiger partial charge in [-0.3, -0.25) is 0 Å². The molecule has 1 aliphatic carbocycles. The summed E-state index contributed by atoms with van der Waals surface area (Å²) < 4.78 is 5.16. The standard InChI is InChI=1S/C12H24N2O/c1-12(9-13,10-15-2)14-8-7-11-5-3-4-6-11/h5,14H,3-4,6-10,13H2,1-2H3. The third-order valence-corrected chi connectivity index (χ3v) is 3.05. The van der Waals surface area contributed by atoms with Crippen LogP contribution in [0.4, 0.5) is 0 Å². The highest BCUT2D eigenvalue weighted by Crippen LogP contribution is 2.20. The molecule has 0 saturated heterocycles. The topological polar surface area (TPSA) is 47.3 Å². The van der Waals surface area contributed by atoms with Crippen LogP contribution in [-0.4, -0.2) is 32.3 Å². The van der Waals surface area contributed by atoms with Gasteiger partial charge in [-0.05, 0) is 39.2 Å². The van der Waals surface area contributed by atoms with Gasteiger partial charge < -0.3 is 15.8 Å². The molecular formula is C12H24N2O. The summed E-state index contributed by atoms with van der Waals surface area (Å²) >= 11 is 0. The Balaban J connectivity index is 2.21. The Morgan fingerprint density at radius 2 is 2.40 bits per heavy atom. The highest BCUT2D eigenvalue weighted by molar-refractivity contribution is 5.07. The van der Waals surface area contributed by atoms with Crippen LogP contribution in [0.1, 0.15) is 32.6 Å². The molecule has 1 rings (SSSR count). The van der Waals surface area contributed by atoms with Crippen molar-refractivity contribution in [1.82, 2.24) is 5.32 Å². The van der Waals surface area contributed by atoms with Crippen molar-refractivity contribution in [3.05, 3.63) is 11.6 Å². The lowest BCUT2D eigenvalue weighted by Crippen LogP contribution is -2.52. The Bertz CT molecular complexity index is 216. The third-order valence-electron chi connectivity index (χ3n) is 3.05. The van der Waals surface area contributed by atoms with Crippen LogP contribution < -0.4 is 11.1 Å². The summed E-state index contributed by atoms with van der Waals surface area (Å²) in [6, 6.07) is 0. The maximum atomic E-state index is 5.73. The maximum Gasteiger partial charge on any atom is 0.0654 e. The van der Waals surface area contributed by atoms with Crippen LogP contribution in [0.15, 0.2) is 11.6 Å². The molecule has 3 nitrogen and oxygen atoms in total. The van der Waals surface area contributed by atoms with E-state index in [4.69, 9.17) is 10.5 Å². The van der Waals surface area contributed by atoms with Gasteiger partial charge in [0, 0.05) is 13.7 Å². The molecule has 15 heavy (non-hydrogen) atoms. The lowest BCUT2D eigenvalue weighted by molar-refractivity contribution is 0.123.